The molecular formula is C5H8O4. The standard InChI is InChI=1S/C5H8O4/c6-2-1-3-9-5(8)4-7/h2,7H,1,3-4H2. The smallest absolute Gasteiger partial charge is 0.331 e. The minimum Gasteiger partial charge on any atom is -0.464 e. The molecule has 0 amide bonds. The molecule has 0 aliphatic rings. The van der Waals surface area contributed by atoms with Gasteiger partial charge >= 0.3 is 5.97 Å². The zero-order valence-corrected chi connectivity index (χ0v) is 4.87. The molecule has 0 aliphatic carbocycles. The van der Waals surface area contributed by atoms with Crippen LogP contribution in [0, 0.1) is 0 Å². The van der Waals surface area contributed by atoms with Crippen molar-refractivity contribution < 1.29 is 19.4 Å². The quantitative estimate of drug-likeness (QED) is 0.306. The second-order valence-corrected chi connectivity index (χ2v) is 1.33. The topological polar surface area (TPSA) is 63.6 Å². The van der Waals surface area contributed by atoms with Gasteiger partial charge in [0.2, 0.25) is 0 Å². The predicted molar refractivity (Wildman–Crippen MR) is 28.7 cm³/mol. The Hall–Kier alpha value is -0.900. The van der Waals surface area contributed by atoms with Gasteiger partial charge in [0, 0.05) is 6.42 Å². The Balaban J connectivity index is 3.06. The first kappa shape index (κ1) is 8.10. The molecule has 0 atom stereocenters. The first-order valence-electron chi connectivity index (χ1n) is 2.51. The number of hydrogen-bond donors (Lipinski definition) is 1. The minimum atomic E-state index is -0.697. The molecule has 0 bridgehead atoms. The lowest BCUT2D eigenvalue weighted by Gasteiger charge is -1.96. The molecule has 0 spiro atoms. The molecule has 0 saturated carbocycles. The molecule has 0 aromatic rings. The summed E-state index contributed by atoms with van der Waals surface area (Å²) >= 11 is 0. The van der Waals surface area contributed by atoms with E-state index in [-0.39, 0.29) is 13.0 Å². The van der Waals surface area contributed by atoms with Crippen LogP contribution in [0.15, 0.2) is 0 Å². The van der Waals surface area contributed by atoms with E-state index in [0.29, 0.717) is 6.29 Å². The monoisotopic (exact) mass is 132 g/mol. The van der Waals surface area contributed by atoms with Crippen molar-refractivity contribution in [3.63, 3.8) is 0 Å². The summed E-state index contributed by atoms with van der Waals surface area (Å²) in [5, 5.41) is 8.07. The maximum atomic E-state index is 10.1. The average Bonchev–Trinajstić information content (AvgIpc) is 1.89. The molecule has 4 nitrogen and oxygen atoms in total. The molecule has 9 heavy (non-hydrogen) atoms. The van der Waals surface area contributed by atoms with Crippen LogP contribution in [0.5, 0.6) is 0 Å². The minimum absolute atomic E-state index is 0.0584. The van der Waals surface area contributed by atoms with Crippen LogP contribution in [0.3, 0.4) is 0 Å². The molecule has 0 unspecified atom stereocenters. The van der Waals surface area contributed by atoms with Crippen molar-refractivity contribution in [1.82, 2.24) is 0 Å². The maximum absolute atomic E-state index is 10.1. The summed E-state index contributed by atoms with van der Waals surface area (Å²) in [6.07, 6.45) is 0.830. The first-order chi connectivity index (χ1) is 4.31. The molecule has 0 fully saturated rings. The van der Waals surface area contributed by atoms with Crippen molar-refractivity contribution >= 4 is 12.3 Å². The van der Waals surface area contributed by atoms with Crippen molar-refractivity contribution in [2.24, 2.45) is 0 Å². The number of esters is 1. The first-order valence-corrected chi connectivity index (χ1v) is 2.51. The number of hydrogen-bond acceptors (Lipinski definition) is 4. The van der Waals surface area contributed by atoms with Crippen LogP contribution in [0.1, 0.15) is 6.42 Å². The van der Waals surface area contributed by atoms with E-state index in [0.717, 1.165) is 0 Å². The Morgan fingerprint density at radius 1 is 1.67 bits per heavy atom. The van der Waals surface area contributed by atoms with Crippen LogP contribution in [-0.2, 0) is 14.3 Å². The predicted octanol–water partition coefficient (Wildman–Crippen LogP) is -0.889. The summed E-state index contributed by atoms with van der Waals surface area (Å²) < 4.78 is 4.31. The number of rotatable bonds is 4. The Kier molecular flexibility index (Phi) is 4.72. The van der Waals surface area contributed by atoms with Crippen molar-refractivity contribution in [2.45, 2.75) is 6.42 Å². The van der Waals surface area contributed by atoms with Crippen molar-refractivity contribution in [3.8, 4) is 0 Å². The summed E-state index contributed by atoms with van der Waals surface area (Å²) in [6.45, 7) is -0.568. The van der Waals surface area contributed by atoms with Crippen LogP contribution in [0.4, 0.5) is 0 Å². The van der Waals surface area contributed by atoms with Gasteiger partial charge in [0.05, 0.1) is 6.61 Å². The number of carbonyl (C=O) groups excluding carboxylic acids is 2. The summed E-state index contributed by atoms with van der Waals surface area (Å²) in [4.78, 5) is 19.7. The van der Waals surface area contributed by atoms with Gasteiger partial charge in [-0.05, 0) is 0 Å². The number of aliphatic hydroxyl groups is 1. The summed E-state index contributed by atoms with van der Waals surface area (Å²) in [5.41, 5.74) is 0. The van der Waals surface area contributed by atoms with Crippen LogP contribution >= 0.6 is 0 Å². The van der Waals surface area contributed by atoms with Gasteiger partial charge in [0.15, 0.2) is 0 Å². The average molecular weight is 132 g/mol. The van der Waals surface area contributed by atoms with Gasteiger partial charge in [-0.3, -0.25) is 0 Å². The molecule has 0 aromatic heterocycles. The highest BCUT2D eigenvalue weighted by Gasteiger charge is 1.96. The second kappa shape index (κ2) is 5.24. The lowest BCUT2D eigenvalue weighted by molar-refractivity contribution is -0.147. The highest BCUT2D eigenvalue weighted by Crippen LogP contribution is 1.78. The van der Waals surface area contributed by atoms with E-state index in [1.54, 1.807) is 0 Å². The third kappa shape index (κ3) is 4.96. The third-order valence-corrected chi connectivity index (χ3v) is 0.628. The van der Waals surface area contributed by atoms with Gasteiger partial charge in [-0.1, -0.05) is 0 Å². The fourth-order valence-electron chi connectivity index (χ4n) is 0.267. The zero-order valence-electron chi connectivity index (χ0n) is 4.87. The van der Waals surface area contributed by atoms with Gasteiger partial charge in [-0.25, -0.2) is 4.79 Å². The maximum Gasteiger partial charge on any atom is 0.331 e. The van der Waals surface area contributed by atoms with Crippen molar-refractivity contribution in [3.05, 3.63) is 0 Å². The fourth-order valence-corrected chi connectivity index (χ4v) is 0.267. The van der Waals surface area contributed by atoms with E-state index >= 15 is 0 Å². The molecular weight excluding hydrogens is 124 g/mol. The van der Waals surface area contributed by atoms with Gasteiger partial charge in [0.1, 0.15) is 12.9 Å². The number of carbonyl (C=O) groups is 2. The Morgan fingerprint density at radius 3 is 2.78 bits per heavy atom. The molecule has 0 saturated heterocycles. The highest BCUT2D eigenvalue weighted by molar-refractivity contribution is 5.70. The molecule has 0 radical (unpaired) electrons. The van der Waals surface area contributed by atoms with Crippen LogP contribution in [0.25, 0.3) is 0 Å². The van der Waals surface area contributed by atoms with Gasteiger partial charge in [-0.2, -0.15) is 0 Å². The van der Waals surface area contributed by atoms with Crippen LogP contribution < -0.4 is 0 Å². The molecule has 0 aromatic carbocycles. The SMILES string of the molecule is O=CCCOC(=O)CO. The van der Waals surface area contributed by atoms with Gasteiger partial charge in [0.25, 0.3) is 0 Å². The number of aldehydes is 1. The van der Waals surface area contributed by atoms with Crippen LogP contribution in [-0.4, -0.2) is 30.6 Å². The van der Waals surface area contributed by atoms with Crippen molar-refractivity contribution in [1.29, 1.82) is 0 Å². The van der Waals surface area contributed by atoms with Crippen molar-refractivity contribution in [2.75, 3.05) is 13.2 Å². The zero-order chi connectivity index (χ0) is 7.11. The van der Waals surface area contributed by atoms with Crippen LogP contribution in [0.2, 0.25) is 0 Å². The number of ether oxygens (including phenoxy) is 1. The molecule has 0 heterocycles. The van der Waals surface area contributed by atoms with E-state index < -0.39 is 12.6 Å². The molecule has 52 valence electrons. The van der Waals surface area contributed by atoms with E-state index in [1.807, 2.05) is 0 Å². The lowest BCUT2D eigenvalue weighted by atomic mass is 10.5. The summed E-state index contributed by atoms with van der Waals surface area (Å²) in [5.74, 6) is -0.697. The molecule has 4 heteroatoms. The molecule has 0 aliphatic heterocycles. The highest BCUT2D eigenvalue weighted by atomic mass is 16.5. The van der Waals surface area contributed by atoms with E-state index in [1.165, 1.54) is 0 Å². The Bertz CT molecular complexity index is 99.1. The van der Waals surface area contributed by atoms with E-state index in [4.69, 9.17) is 5.11 Å². The Morgan fingerprint density at radius 2 is 2.33 bits per heavy atom. The summed E-state index contributed by atoms with van der Waals surface area (Å²) in [6, 6.07) is 0. The molecule has 1 N–H and O–H groups in total. The number of aliphatic hydroxyl groups excluding tert-OH is 1. The normalized spacial score (nSPS) is 8.56. The lowest BCUT2D eigenvalue weighted by Crippen LogP contribution is -2.09. The largest absolute Gasteiger partial charge is 0.464 e. The van der Waals surface area contributed by atoms with E-state index in [2.05, 4.69) is 4.74 Å². The second-order valence-electron chi connectivity index (χ2n) is 1.33. The Labute approximate surface area is 52.4 Å². The van der Waals surface area contributed by atoms with Gasteiger partial charge in [-0.15, -0.1) is 0 Å². The third-order valence-electron chi connectivity index (χ3n) is 0.628. The molecule has 0 rings (SSSR count). The van der Waals surface area contributed by atoms with Gasteiger partial charge < -0.3 is 14.6 Å². The fraction of sp³-hybridized carbons (Fsp3) is 0.600. The summed E-state index contributed by atoms with van der Waals surface area (Å²) in [7, 11) is 0. The van der Waals surface area contributed by atoms with E-state index in [9.17, 15) is 9.59 Å².